The monoisotopic (exact) mass is 670 g/mol. The third-order valence-corrected chi connectivity index (χ3v) is 8.42. The van der Waals surface area contributed by atoms with Gasteiger partial charge in [0.05, 0.1) is 47.8 Å². The molecular formula is C37H38N2O8S. The number of carbonyl (C=O) groups is 2. The second-order valence-electron chi connectivity index (χ2n) is 11.1. The lowest BCUT2D eigenvalue weighted by Crippen LogP contribution is -2.40. The number of nitrogens with zero attached hydrogens (tertiary/aromatic N) is 2. The number of ether oxygens (including phenoxy) is 5. The Balaban J connectivity index is 1.49. The van der Waals surface area contributed by atoms with Gasteiger partial charge in [-0.3, -0.25) is 9.36 Å². The molecule has 0 spiro atoms. The molecule has 10 nitrogen and oxygen atoms in total. The molecule has 48 heavy (non-hydrogen) atoms. The smallest absolute Gasteiger partial charge is 0.338 e. The van der Waals surface area contributed by atoms with Gasteiger partial charge in [-0.15, -0.1) is 0 Å². The molecule has 1 aliphatic heterocycles. The summed E-state index contributed by atoms with van der Waals surface area (Å²) < 4.78 is 30.2. The van der Waals surface area contributed by atoms with Gasteiger partial charge in [0.25, 0.3) is 5.56 Å². The first-order valence-electron chi connectivity index (χ1n) is 15.7. The van der Waals surface area contributed by atoms with E-state index in [-0.39, 0.29) is 36.4 Å². The summed E-state index contributed by atoms with van der Waals surface area (Å²) in [5.74, 6) is 0.663. The van der Waals surface area contributed by atoms with Crippen LogP contribution in [-0.4, -0.2) is 42.9 Å². The third-order valence-electron chi connectivity index (χ3n) is 7.44. The van der Waals surface area contributed by atoms with Crippen LogP contribution in [0.2, 0.25) is 0 Å². The van der Waals surface area contributed by atoms with E-state index >= 15 is 0 Å². The van der Waals surface area contributed by atoms with E-state index in [1.165, 1.54) is 11.3 Å². The largest absolute Gasteiger partial charge is 0.493 e. The van der Waals surface area contributed by atoms with Gasteiger partial charge in [0.1, 0.15) is 18.4 Å². The van der Waals surface area contributed by atoms with Crippen LogP contribution in [-0.2, 0) is 20.9 Å². The lowest BCUT2D eigenvalue weighted by atomic mass is 9.95. The Bertz CT molecular complexity index is 2030. The zero-order valence-electron chi connectivity index (χ0n) is 27.8. The predicted molar refractivity (Wildman–Crippen MR) is 182 cm³/mol. The van der Waals surface area contributed by atoms with Crippen LogP contribution in [0.3, 0.4) is 0 Å². The number of aromatic nitrogens is 1. The summed E-state index contributed by atoms with van der Waals surface area (Å²) in [6.45, 7) is 9.84. The molecule has 0 saturated carbocycles. The van der Waals surface area contributed by atoms with Crippen molar-refractivity contribution in [3.8, 4) is 17.2 Å². The SMILES string of the molecule is CCOC(=O)C1=C(C)N=c2s/c(=C\c3ccc(OCc4ccc(C(=O)OCC)cc4)c(OC)c3)c(=O)n2[C@H]1c1ccccc1OC(C)C. The predicted octanol–water partition coefficient (Wildman–Crippen LogP) is 5.35. The maximum Gasteiger partial charge on any atom is 0.338 e. The fourth-order valence-corrected chi connectivity index (χ4v) is 6.36. The third kappa shape index (κ3) is 7.36. The summed E-state index contributed by atoms with van der Waals surface area (Å²) in [7, 11) is 1.55. The minimum Gasteiger partial charge on any atom is -0.493 e. The highest BCUT2D eigenvalue weighted by molar-refractivity contribution is 7.07. The highest BCUT2D eigenvalue weighted by atomic mass is 32.1. The molecule has 4 aromatic rings. The number of hydrogen-bond donors (Lipinski definition) is 0. The van der Waals surface area contributed by atoms with Crippen LogP contribution in [0.1, 0.15) is 67.7 Å². The van der Waals surface area contributed by atoms with Crippen molar-refractivity contribution in [2.24, 2.45) is 4.99 Å². The minimum atomic E-state index is -0.797. The van der Waals surface area contributed by atoms with Gasteiger partial charge in [0.15, 0.2) is 16.3 Å². The van der Waals surface area contributed by atoms with Crippen LogP contribution in [0.4, 0.5) is 0 Å². The summed E-state index contributed by atoms with van der Waals surface area (Å²) in [5, 5.41) is 0. The van der Waals surface area contributed by atoms with Crippen molar-refractivity contribution in [2.45, 2.75) is 53.4 Å². The molecule has 0 fully saturated rings. The number of thiazole rings is 1. The number of methoxy groups -OCH3 is 1. The topological polar surface area (TPSA) is 115 Å². The van der Waals surface area contributed by atoms with Crippen molar-refractivity contribution in [3.63, 3.8) is 0 Å². The summed E-state index contributed by atoms with van der Waals surface area (Å²) in [6.07, 6.45) is 1.64. The molecule has 0 N–H and O–H groups in total. The number of para-hydroxylation sites is 1. The Labute approximate surface area is 282 Å². The van der Waals surface area contributed by atoms with E-state index in [0.717, 1.165) is 5.56 Å². The van der Waals surface area contributed by atoms with Crippen molar-refractivity contribution < 1.29 is 33.3 Å². The van der Waals surface area contributed by atoms with Crippen LogP contribution in [0.15, 0.2) is 87.8 Å². The van der Waals surface area contributed by atoms with Crippen molar-refractivity contribution >= 4 is 29.4 Å². The van der Waals surface area contributed by atoms with Crippen molar-refractivity contribution in [2.75, 3.05) is 20.3 Å². The van der Waals surface area contributed by atoms with E-state index in [2.05, 4.69) is 4.99 Å². The Morgan fingerprint density at radius 2 is 1.65 bits per heavy atom. The van der Waals surface area contributed by atoms with Gasteiger partial charge >= 0.3 is 11.9 Å². The zero-order chi connectivity index (χ0) is 34.4. The van der Waals surface area contributed by atoms with Crippen molar-refractivity contribution in [1.29, 1.82) is 0 Å². The lowest BCUT2D eigenvalue weighted by Gasteiger charge is -2.26. The molecule has 3 aromatic carbocycles. The lowest BCUT2D eigenvalue weighted by molar-refractivity contribution is -0.139. The number of hydrogen-bond acceptors (Lipinski definition) is 10. The number of carbonyl (C=O) groups excluding carboxylic acids is 2. The van der Waals surface area contributed by atoms with Gasteiger partial charge in [-0.25, -0.2) is 14.6 Å². The van der Waals surface area contributed by atoms with Crippen LogP contribution < -0.4 is 29.1 Å². The molecule has 2 heterocycles. The van der Waals surface area contributed by atoms with Gasteiger partial charge in [-0.1, -0.05) is 47.7 Å². The quantitative estimate of drug-likeness (QED) is 0.186. The summed E-state index contributed by atoms with van der Waals surface area (Å²) in [4.78, 5) is 44.5. The van der Waals surface area contributed by atoms with E-state index in [1.54, 1.807) is 62.8 Å². The second-order valence-corrected chi connectivity index (χ2v) is 12.1. The molecular weight excluding hydrogens is 632 g/mol. The van der Waals surface area contributed by atoms with E-state index in [1.807, 2.05) is 56.3 Å². The van der Waals surface area contributed by atoms with Gasteiger partial charge in [-0.2, -0.15) is 0 Å². The second kappa shape index (κ2) is 15.2. The molecule has 1 aliphatic rings. The summed E-state index contributed by atoms with van der Waals surface area (Å²) >= 11 is 1.23. The number of fused-ring (bicyclic) bond motifs is 1. The number of rotatable bonds is 12. The van der Waals surface area contributed by atoms with Gasteiger partial charge in [0, 0.05) is 5.56 Å². The average molecular weight is 671 g/mol. The van der Waals surface area contributed by atoms with Crippen LogP contribution >= 0.6 is 11.3 Å². The van der Waals surface area contributed by atoms with E-state index in [9.17, 15) is 14.4 Å². The Morgan fingerprint density at radius 1 is 0.938 bits per heavy atom. The van der Waals surface area contributed by atoms with Crippen molar-refractivity contribution in [1.82, 2.24) is 4.57 Å². The molecule has 0 saturated heterocycles. The fourth-order valence-electron chi connectivity index (χ4n) is 5.31. The van der Waals surface area contributed by atoms with Gasteiger partial charge in [0.2, 0.25) is 0 Å². The molecule has 0 bridgehead atoms. The van der Waals surface area contributed by atoms with Crippen LogP contribution in [0.5, 0.6) is 17.2 Å². The standard InChI is InChI=1S/C37H38N2O8S/c1-7-44-35(41)26-16-13-24(14-17-26)21-46-29-18-15-25(19-30(29)43-6)20-31-34(40)39-33(27-11-9-10-12-28(27)47-22(3)4)32(36(42)45-8-2)23(5)38-37(39)48-31/h9-20,22,33H,7-8,21H2,1-6H3/b31-20-/t33-/m0/s1. The van der Waals surface area contributed by atoms with E-state index < -0.39 is 12.0 Å². The van der Waals surface area contributed by atoms with E-state index in [4.69, 9.17) is 23.7 Å². The Morgan fingerprint density at radius 3 is 2.33 bits per heavy atom. The minimum absolute atomic E-state index is 0.128. The van der Waals surface area contributed by atoms with Crippen LogP contribution in [0.25, 0.3) is 6.08 Å². The Hall–Kier alpha value is -5.16. The number of benzene rings is 3. The first kappa shape index (κ1) is 34.2. The summed E-state index contributed by atoms with van der Waals surface area (Å²) in [5.41, 5.74) is 3.17. The van der Waals surface area contributed by atoms with Gasteiger partial charge < -0.3 is 23.7 Å². The van der Waals surface area contributed by atoms with Crippen LogP contribution in [0, 0.1) is 0 Å². The molecule has 1 atom stereocenters. The zero-order valence-corrected chi connectivity index (χ0v) is 28.6. The van der Waals surface area contributed by atoms with Gasteiger partial charge in [-0.05, 0) is 82.2 Å². The highest BCUT2D eigenvalue weighted by Crippen LogP contribution is 2.36. The molecule has 11 heteroatoms. The van der Waals surface area contributed by atoms with Crippen molar-refractivity contribution in [3.05, 3.63) is 120 Å². The first-order valence-corrected chi connectivity index (χ1v) is 16.5. The average Bonchev–Trinajstić information content (AvgIpc) is 3.37. The number of allylic oxidation sites excluding steroid dienone is 1. The molecule has 250 valence electrons. The Kier molecular flexibility index (Phi) is 10.8. The normalized spacial score (nSPS) is 14.3. The van der Waals surface area contributed by atoms with E-state index in [0.29, 0.717) is 55.6 Å². The molecule has 0 amide bonds. The fraction of sp³-hybridized carbons (Fsp3) is 0.297. The maximum absolute atomic E-state index is 14.1. The highest BCUT2D eigenvalue weighted by Gasteiger charge is 2.35. The molecule has 0 radical (unpaired) electrons. The molecule has 0 unspecified atom stereocenters. The molecule has 1 aromatic heterocycles. The maximum atomic E-state index is 14.1. The molecule has 0 aliphatic carbocycles. The number of esters is 2. The molecule has 5 rings (SSSR count). The first-order chi connectivity index (χ1) is 23.1. The summed E-state index contributed by atoms with van der Waals surface area (Å²) in [6, 6.07) is 19.0.